The highest BCUT2D eigenvalue weighted by atomic mass is 14.9. The third-order valence-electron chi connectivity index (χ3n) is 6.76. The quantitative estimate of drug-likeness (QED) is 0.232. The third-order valence-corrected chi connectivity index (χ3v) is 6.76. The molecule has 0 aromatic heterocycles. The van der Waals surface area contributed by atoms with Gasteiger partial charge in [0.25, 0.3) is 0 Å². The molecule has 2 nitrogen and oxygen atoms in total. The van der Waals surface area contributed by atoms with Crippen molar-refractivity contribution in [1.29, 1.82) is 0 Å². The average molecular weight is 439 g/mol. The summed E-state index contributed by atoms with van der Waals surface area (Å²) >= 11 is 0. The van der Waals surface area contributed by atoms with Crippen LogP contribution in [0.3, 0.4) is 0 Å². The second kappa shape index (κ2) is 8.11. The fraction of sp³-hybridized carbons (Fsp3) is 0.0625. The van der Waals surface area contributed by atoms with E-state index in [9.17, 15) is 0 Å². The number of hydrogen-bond donors (Lipinski definition) is 2. The van der Waals surface area contributed by atoms with E-state index < -0.39 is 5.66 Å². The lowest BCUT2D eigenvalue weighted by molar-refractivity contribution is 0.567. The summed E-state index contributed by atoms with van der Waals surface area (Å²) in [5, 5.41) is 4.94. The Morgan fingerprint density at radius 1 is 0.559 bits per heavy atom. The normalized spacial score (nSPS) is 15.2. The molecule has 0 saturated heterocycles. The number of rotatable bonds is 3. The highest BCUT2D eigenvalue weighted by molar-refractivity contribution is 6.15. The SMILES string of the molecule is NC1(N)C=CC(c2ccccc2-c2ccccc2)=C(c2cc3ccccc3c3ccccc23)C1. The van der Waals surface area contributed by atoms with Gasteiger partial charge >= 0.3 is 0 Å². The molecule has 6 rings (SSSR count). The van der Waals surface area contributed by atoms with E-state index in [1.165, 1.54) is 54.9 Å². The fourth-order valence-electron chi connectivity index (χ4n) is 5.18. The van der Waals surface area contributed by atoms with E-state index in [0.717, 1.165) is 0 Å². The largest absolute Gasteiger partial charge is 0.310 e. The number of allylic oxidation sites excluding steroid dienone is 2. The molecule has 5 aromatic carbocycles. The first kappa shape index (κ1) is 20.6. The standard InChI is InChI=1S/C32H26N2/c33-32(34)19-18-29(26-15-7-6-13-24(26)22-10-2-1-3-11-22)31(21-32)30-20-23-12-4-5-14-25(23)27-16-8-9-17-28(27)30/h1-20H,21,33-34H2. The minimum Gasteiger partial charge on any atom is -0.310 e. The van der Waals surface area contributed by atoms with Crippen molar-refractivity contribution in [3.8, 4) is 11.1 Å². The Labute approximate surface area is 199 Å². The molecule has 0 bridgehead atoms. The molecule has 1 aliphatic rings. The number of benzene rings is 5. The van der Waals surface area contributed by atoms with Crippen LogP contribution in [-0.4, -0.2) is 5.66 Å². The van der Waals surface area contributed by atoms with Gasteiger partial charge in [-0.05, 0) is 67.1 Å². The Hall–Kier alpha value is -3.98. The molecule has 0 unspecified atom stereocenters. The molecule has 4 N–H and O–H groups in total. The van der Waals surface area contributed by atoms with Gasteiger partial charge in [-0.2, -0.15) is 0 Å². The van der Waals surface area contributed by atoms with Gasteiger partial charge < -0.3 is 11.5 Å². The van der Waals surface area contributed by atoms with Crippen LogP contribution in [0.25, 0.3) is 43.8 Å². The van der Waals surface area contributed by atoms with Crippen molar-refractivity contribution >= 4 is 32.7 Å². The zero-order valence-corrected chi connectivity index (χ0v) is 18.9. The molecule has 5 aromatic rings. The Balaban J connectivity index is 1.69. The van der Waals surface area contributed by atoms with Crippen LogP contribution in [0.2, 0.25) is 0 Å². The maximum Gasteiger partial charge on any atom is 0.0873 e. The fourth-order valence-corrected chi connectivity index (χ4v) is 5.18. The van der Waals surface area contributed by atoms with E-state index in [-0.39, 0.29) is 0 Å². The van der Waals surface area contributed by atoms with Crippen molar-refractivity contribution in [3.63, 3.8) is 0 Å². The molecule has 1 aliphatic carbocycles. The van der Waals surface area contributed by atoms with E-state index >= 15 is 0 Å². The van der Waals surface area contributed by atoms with E-state index in [2.05, 4.69) is 115 Å². The molecule has 34 heavy (non-hydrogen) atoms. The highest BCUT2D eigenvalue weighted by Crippen LogP contribution is 2.43. The monoisotopic (exact) mass is 438 g/mol. The third kappa shape index (κ3) is 3.54. The highest BCUT2D eigenvalue weighted by Gasteiger charge is 2.27. The van der Waals surface area contributed by atoms with Gasteiger partial charge in [0, 0.05) is 6.42 Å². The molecule has 0 radical (unpaired) electrons. The average Bonchev–Trinajstić information content (AvgIpc) is 2.88. The Morgan fingerprint density at radius 2 is 1.18 bits per heavy atom. The van der Waals surface area contributed by atoms with Gasteiger partial charge in [0.1, 0.15) is 0 Å². The molecule has 0 spiro atoms. The molecule has 2 heteroatoms. The summed E-state index contributed by atoms with van der Waals surface area (Å²) in [7, 11) is 0. The van der Waals surface area contributed by atoms with E-state index in [1.807, 2.05) is 6.08 Å². The van der Waals surface area contributed by atoms with Crippen LogP contribution in [0, 0.1) is 0 Å². The molecule has 0 heterocycles. The molecule has 0 atom stereocenters. The van der Waals surface area contributed by atoms with Crippen LogP contribution in [-0.2, 0) is 0 Å². The van der Waals surface area contributed by atoms with E-state index in [0.29, 0.717) is 6.42 Å². The molecular weight excluding hydrogens is 412 g/mol. The zero-order valence-electron chi connectivity index (χ0n) is 18.9. The second-order valence-corrected chi connectivity index (χ2v) is 9.12. The Bertz CT molecular complexity index is 1590. The number of fused-ring (bicyclic) bond motifs is 3. The first-order chi connectivity index (χ1) is 16.6. The van der Waals surface area contributed by atoms with E-state index in [1.54, 1.807) is 0 Å². The van der Waals surface area contributed by atoms with Gasteiger partial charge in [-0.3, -0.25) is 0 Å². The first-order valence-electron chi connectivity index (χ1n) is 11.7. The molecule has 0 amide bonds. The van der Waals surface area contributed by atoms with Crippen LogP contribution in [0.1, 0.15) is 17.5 Å². The van der Waals surface area contributed by atoms with Gasteiger partial charge in [0.15, 0.2) is 0 Å². The van der Waals surface area contributed by atoms with Crippen molar-refractivity contribution in [1.82, 2.24) is 0 Å². The predicted molar refractivity (Wildman–Crippen MR) is 145 cm³/mol. The van der Waals surface area contributed by atoms with Crippen molar-refractivity contribution in [2.75, 3.05) is 0 Å². The molecule has 0 aliphatic heterocycles. The van der Waals surface area contributed by atoms with Gasteiger partial charge in [-0.15, -0.1) is 0 Å². The van der Waals surface area contributed by atoms with Crippen LogP contribution < -0.4 is 11.5 Å². The smallest absolute Gasteiger partial charge is 0.0873 e. The lowest BCUT2D eigenvalue weighted by Crippen LogP contribution is -2.48. The van der Waals surface area contributed by atoms with Crippen LogP contribution in [0.4, 0.5) is 0 Å². The lowest BCUT2D eigenvalue weighted by Gasteiger charge is -2.30. The van der Waals surface area contributed by atoms with Gasteiger partial charge in [0.2, 0.25) is 0 Å². The molecule has 0 fully saturated rings. The van der Waals surface area contributed by atoms with Crippen LogP contribution in [0.15, 0.2) is 121 Å². The maximum absolute atomic E-state index is 6.51. The van der Waals surface area contributed by atoms with Crippen molar-refractivity contribution < 1.29 is 0 Å². The summed E-state index contributed by atoms with van der Waals surface area (Å²) in [6.07, 6.45) is 4.62. The summed E-state index contributed by atoms with van der Waals surface area (Å²) in [5.74, 6) is 0. The summed E-state index contributed by atoms with van der Waals surface area (Å²) in [5.41, 5.74) is 19.2. The Morgan fingerprint density at radius 3 is 1.97 bits per heavy atom. The summed E-state index contributed by atoms with van der Waals surface area (Å²) in [4.78, 5) is 0. The lowest BCUT2D eigenvalue weighted by atomic mass is 9.80. The molecular formula is C32H26N2. The first-order valence-corrected chi connectivity index (χ1v) is 11.7. The number of nitrogens with two attached hydrogens (primary N) is 2. The summed E-state index contributed by atoms with van der Waals surface area (Å²) in [6.45, 7) is 0. The van der Waals surface area contributed by atoms with Gasteiger partial charge in [-0.25, -0.2) is 0 Å². The minimum atomic E-state index is -0.896. The predicted octanol–water partition coefficient (Wildman–Crippen LogP) is 7.14. The summed E-state index contributed by atoms with van der Waals surface area (Å²) < 4.78 is 0. The zero-order chi connectivity index (χ0) is 23.1. The van der Waals surface area contributed by atoms with Crippen molar-refractivity contribution in [2.45, 2.75) is 12.1 Å². The topological polar surface area (TPSA) is 52.0 Å². The molecule has 0 saturated carbocycles. The minimum absolute atomic E-state index is 0.560. The Kier molecular flexibility index (Phi) is 4.91. The van der Waals surface area contributed by atoms with Crippen LogP contribution >= 0.6 is 0 Å². The van der Waals surface area contributed by atoms with Gasteiger partial charge in [0.05, 0.1) is 5.66 Å². The van der Waals surface area contributed by atoms with Gasteiger partial charge in [-0.1, -0.05) is 109 Å². The number of hydrogen-bond acceptors (Lipinski definition) is 2. The summed E-state index contributed by atoms with van der Waals surface area (Å²) in [6, 6.07) is 38.6. The maximum atomic E-state index is 6.51. The molecule has 164 valence electrons. The van der Waals surface area contributed by atoms with Crippen molar-refractivity contribution in [2.24, 2.45) is 11.5 Å². The second-order valence-electron chi connectivity index (χ2n) is 9.12. The van der Waals surface area contributed by atoms with Crippen molar-refractivity contribution in [3.05, 3.63) is 132 Å². The van der Waals surface area contributed by atoms with E-state index in [4.69, 9.17) is 11.5 Å². The van der Waals surface area contributed by atoms with Crippen LogP contribution in [0.5, 0.6) is 0 Å².